The van der Waals surface area contributed by atoms with Crippen molar-refractivity contribution in [1.82, 2.24) is 5.43 Å². The summed E-state index contributed by atoms with van der Waals surface area (Å²) < 4.78 is 5.23. The van der Waals surface area contributed by atoms with Crippen LogP contribution in [-0.4, -0.2) is 13.2 Å². The molecule has 0 saturated heterocycles. The highest BCUT2D eigenvalue weighted by atomic mass is 16.5. The van der Waals surface area contributed by atoms with Gasteiger partial charge in [-0.2, -0.15) is 0 Å². The standard InChI is InChI=1S/C15H26N2O/c1-15(2,3)9-8-13(17-16)10-12-6-5-7-14(11-12)18-4/h5-7,11,13,17H,8-10,16H2,1-4H3. The van der Waals surface area contributed by atoms with Gasteiger partial charge in [0.15, 0.2) is 0 Å². The first kappa shape index (κ1) is 15.0. The molecule has 0 heterocycles. The first-order chi connectivity index (χ1) is 8.44. The third kappa shape index (κ3) is 5.52. The molecule has 0 fully saturated rings. The Morgan fingerprint density at radius 2 is 2.06 bits per heavy atom. The van der Waals surface area contributed by atoms with E-state index in [0.29, 0.717) is 11.5 Å². The van der Waals surface area contributed by atoms with Gasteiger partial charge in [-0.1, -0.05) is 32.9 Å². The average molecular weight is 250 g/mol. The van der Waals surface area contributed by atoms with Crippen LogP contribution >= 0.6 is 0 Å². The van der Waals surface area contributed by atoms with Crippen LogP contribution in [0.3, 0.4) is 0 Å². The van der Waals surface area contributed by atoms with Gasteiger partial charge in [0.1, 0.15) is 5.75 Å². The van der Waals surface area contributed by atoms with Crippen LogP contribution in [-0.2, 0) is 6.42 Å². The van der Waals surface area contributed by atoms with E-state index in [1.165, 1.54) is 5.56 Å². The van der Waals surface area contributed by atoms with Crippen molar-refractivity contribution in [2.75, 3.05) is 7.11 Å². The van der Waals surface area contributed by atoms with Crippen LogP contribution in [0.25, 0.3) is 0 Å². The van der Waals surface area contributed by atoms with Gasteiger partial charge in [0, 0.05) is 6.04 Å². The van der Waals surface area contributed by atoms with Gasteiger partial charge in [0.25, 0.3) is 0 Å². The van der Waals surface area contributed by atoms with E-state index in [4.69, 9.17) is 10.6 Å². The largest absolute Gasteiger partial charge is 0.497 e. The van der Waals surface area contributed by atoms with Crippen LogP contribution in [0, 0.1) is 5.41 Å². The minimum atomic E-state index is 0.316. The molecule has 1 atom stereocenters. The Hall–Kier alpha value is -1.06. The van der Waals surface area contributed by atoms with E-state index in [9.17, 15) is 0 Å². The molecule has 1 rings (SSSR count). The van der Waals surface area contributed by atoms with Crippen molar-refractivity contribution in [3.8, 4) is 5.75 Å². The molecular weight excluding hydrogens is 224 g/mol. The number of methoxy groups -OCH3 is 1. The highest BCUT2D eigenvalue weighted by molar-refractivity contribution is 5.28. The molecule has 0 aliphatic carbocycles. The van der Waals surface area contributed by atoms with Crippen LogP contribution in [0.15, 0.2) is 24.3 Å². The van der Waals surface area contributed by atoms with Gasteiger partial charge in [-0.3, -0.25) is 11.3 Å². The SMILES string of the molecule is COc1cccc(CC(CCC(C)(C)C)NN)c1. The molecule has 0 saturated carbocycles. The van der Waals surface area contributed by atoms with Crippen LogP contribution in [0.5, 0.6) is 5.75 Å². The molecule has 1 aromatic rings. The van der Waals surface area contributed by atoms with Gasteiger partial charge in [-0.25, -0.2) is 0 Å². The van der Waals surface area contributed by atoms with Crippen LogP contribution in [0.2, 0.25) is 0 Å². The summed E-state index contributed by atoms with van der Waals surface area (Å²) in [5.41, 5.74) is 4.53. The summed E-state index contributed by atoms with van der Waals surface area (Å²) in [6.45, 7) is 6.77. The Balaban J connectivity index is 2.56. The molecule has 0 radical (unpaired) electrons. The molecule has 3 nitrogen and oxygen atoms in total. The predicted octanol–water partition coefficient (Wildman–Crippen LogP) is 2.90. The van der Waals surface area contributed by atoms with Crippen molar-refractivity contribution in [2.45, 2.75) is 46.1 Å². The number of ether oxygens (including phenoxy) is 1. The maximum atomic E-state index is 5.64. The second kappa shape index (κ2) is 6.76. The van der Waals surface area contributed by atoms with E-state index in [1.54, 1.807) is 7.11 Å². The Kier molecular flexibility index (Phi) is 5.63. The quantitative estimate of drug-likeness (QED) is 0.603. The summed E-state index contributed by atoms with van der Waals surface area (Å²) in [5.74, 6) is 6.54. The summed E-state index contributed by atoms with van der Waals surface area (Å²) in [7, 11) is 1.69. The number of hydrogen-bond acceptors (Lipinski definition) is 3. The van der Waals surface area contributed by atoms with Gasteiger partial charge in [0.05, 0.1) is 7.11 Å². The van der Waals surface area contributed by atoms with Gasteiger partial charge in [0.2, 0.25) is 0 Å². The van der Waals surface area contributed by atoms with Gasteiger partial charge in [-0.05, 0) is 42.4 Å². The number of nitrogens with two attached hydrogens (primary N) is 1. The fourth-order valence-electron chi connectivity index (χ4n) is 1.94. The third-order valence-corrected chi connectivity index (χ3v) is 3.09. The molecule has 0 amide bonds. The number of hydrazine groups is 1. The molecule has 1 aromatic carbocycles. The minimum Gasteiger partial charge on any atom is -0.497 e. The second-order valence-electron chi connectivity index (χ2n) is 6.02. The first-order valence-corrected chi connectivity index (χ1v) is 6.53. The minimum absolute atomic E-state index is 0.316. The fraction of sp³-hybridized carbons (Fsp3) is 0.600. The summed E-state index contributed by atoms with van der Waals surface area (Å²) >= 11 is 0. The molecule has 0 aromatic heterocycles. The Bertz CT molecular complexity index is 358. The maximum Gasteiger partial charge on any atom is 0.119 e. The molecule has 1 unspecified atom stereocenters. The molecule has 3 heteroatoms. The van der Waals surface area contributed by atoms with Gasteiger partial charge < -0.3 is 4.74 Å². The molecule has 3 N–H and O–H groups in total. The highest BCUT2D eigenvalue weighted by Gasteiger charge is 2.15. The van der Waals surface area contributed by atoms with Gasteiger partial charge in [-0.15, -0.1) is 0 Å². The molecule has 18 heavy (non-hydrogen) atoms. The first-order valence-electron chi connectivity index (χ1n) is 6.53. The Morgan fingerprint density at radius 1 is 1.33 bits per heavy atom. The lowest BCUT2D eigenvalue weighted by atomic mass is 9.87. The summed E-state index contributed by atoms with van der Waals surface area (Å²) in [4.78, 5) is 0. The van der Waals surface area contributed by atoms with Crippen LogP contribution in [0.1, 0.15) is 39.2 Å². The molecule has 0 aliphatic rings. The van der Waals surface area contributed by atoms with E-state index >= 15 is 0 Å². The molecular formula is C15H26N2O. The van der Waals surface area contributed by atoms with Crippen molar-refractivity contribution >= 4 is 0 Å². The monoisotopic (exact) mass is 250 g/mol. The molecule has 0 aliphatic heterocycles. The molecule has 0 bridgehead atoms. The summed E-state index contributed by atoms with van der Waals surface area (Å²) in [6, 6.07) is 8.48. The summed E-state index contributed by atoms with van der Waals surface area (Å²) in [5, 5.41) is 0. The second-order valence-corrected chi connectivity index (χ2v) is 6.02. The average Bonchev–Trinajstić information content (AvgIpc) is 2.33. The van der Waals surface area contributed by atoms with Crippen LogP contribution in [0.4, 0.5) is 0 Å². The number of hydrogen-bond donors (Lipinski definition) is 2. The number of nitrogens with one attached hydrogen (secondary N) is 1. The van der Waals surface area contributed by atoms with Crippen LogP contribution < -0.4 is 16.0 Å². The lowest BCUT2D eigenvalue weighted by Crippen LogP contribution is -2.37. The van der Waals surface area contributed by atoms with E-state index in [1.807, 2.05) is 12.1 Å². The lowest BCUT2D eigenvalue weighted by molar-refractivity contribution is 0.329. The van der Waals surface area contributed by atoms with E-state index in [0.717, 1.165) is 25.0 Å². The zero-order chi connectivity index (χ0) is 13.6. The smallest absolute Gasteiger partial charge is 0.119 e. The van der Waals surface area contributed by atoms with Crippen molar-refractivity contribution in [2.24, 2.45) is 11.3 Å². The molecule has 0 spiro atoms. The zero-order valence-electron chi connectivity index (χ0n) is 12.0. The Morgan fingerprint density at radius 3 is 2.61 bits per heavy atom. The van der Waals surface area contributed by atoms with Crippen molar-refractivity contribution in [1.29, 1.82) is 0 Å². The van der Waals surface area contributed by atoms with Crippen molar-refractivity contribution < 1.29 is 4.74 Å². The van der Waals surface area contributed by atoms with Gasteiger partial charge >= 0.3 is 0 Å². The van der Waals surface area contributed by atoms with Crippen molar-refractivity contribution in [3.05, 3.63) is 29.8 Å². The fourth-order valence-corrected chi connectivity index (χ4v) is 1.94. The highest BCUT2D eigenvalue weighted by Crippen LogP contribution is 2.23. The topological polar surface area (TPSA) is 47.3 Å². The van der Waals surface area contributed by atoms with Crippen molar-refractivity contribution in [3.63, 3.8) is 0 Å². The Labute approximate surface area is 111 Å². The summed E-state index contributed by atoms with van der Waals surface area (Å²) in [6.07, 6.45) is 3.17. The third-order valence-electron chi connectivity index (χ3n) is 3.09. The number of rotatable bonds is 6. The normalized spacial score (nSPS) is 13.4. The van der Waals surface area contributed by atoms with E-state index in [-0.39, 0.29) is 0 Å². The lowest BCUT2D eigenvalue weighted by Gasteiger charge is -2.23. The van der Waals surface area contributed by atoms with E-state index in [2.05, 4.69) is 38.3 Å². The maximum absolute atomic E-state index is 5.64. The molecule has 102 valence electrons. The van der Waals surface area contributed by atoms with E-state index < -0.39 is 0 Å². The zero-order valence-corrected chi connectivity index (χ0v) is 12.0. The predicted molar refractivity (Wildman–Crippen MR) is 76.5 cm³/mol. The number of benzene rings is 1.